The number of hydrogen-bond acceptors (Lipinski definition) is 7. The lowest BCUT2D eigenvalue weighted by Crippen LogP contribution is -2.25. The number of hydrogen-bond donors (Lipinski definition) is 2. The summed E-state index contributed by atoms with van der Waals surface area (Å²) in [5.74, 6) is 0.875. The summed E-state index contributed by atoms with van der Waals surface area (Å²) in [6, 6.07) is 2.25. The summed E-state index contributed by atoms with van der Waals surface area (Å²) in [5.41, 5.74) is 1.71. The Bertz CT molecular complexity index is 790. The average Bonchev–Trinajstić information content (AvgIpc) is 3.16. The zero-order valence-corrected chi connectivity index (χ0v) is 15.2. The van der Waals surface area contributed by atoms with E-state index in [1.54, 1.807) is 0 Å². The molecule has 9 heteroatoms. The molecule has 0 atom stereocenters. The van der Waals surface area contributed by atoms with Crippen LogP contribution in [-0.2, 0) is 24.2 Å². The fourth-order valence-electron chi connectivity index (χ4n) is 2.53. The van der Waals surface area contributed by atoms with Crippen LogP contribution in [0.25, 0.3) is 0 Å². The van der Waals surface area contributed by atoms with Crippen LogP contribution in [-0.4, -0.2) is 45.3 Å². The molecule has 0 aromatic carbocycles. The second-order valence-corrected chi connectivity index (χ2v) is 7.61. The van der Waals surface area contributed by atoms with Crippen molar-refractivity contribution in [2.75, 3.05) is 24.7 Å². The standard InChI is InChI=1S/C15H18N6OS2/c1-3-12-17-15(20-19-12)23-8-13(22)18-14-10(6-16)9-4-5-21(2)7-11(9)24-14/h3-5,7-8H2,1-2H3,(H,18,22)(H,17,19,20). The van der Waals surface area contributed by atoms with Gasteiger partial charge >= 0.3 is 0 Å². The molecule has 0 unspecified atom stereocenters. The van der Waals surface area contributed by atoms with Gasteiger partial charge in [-0.05, 0) is 19.0 Å². The van der Waals surface area contributed by atoms with Crippen LogP contribution in [0.15, 0.2) is 5.16 Å². The number of nitriles is 1. The summed E-state index contributed by atoms with van der Waals surface area (Å²) in [4.78, 5) is 19.8. The Kier molecular flexibility index (Phi) is 5.18. The van der Waals surface area contributed by atoms with E-state index in [9.17, 15) is 10.1 Å². The van der Waals surface area contributed by atoms with E-state index in [0.717, 1.165) is 37.3 Å². The van der Waals surface area contributed by atoms with Gasteiger partial charge in [-0.2, -0.15) is 5.26 Å². The summed E-state index contributed by atoms with van der Waals surface area (Å²) in [6.07, 6.45) is 1.63. The molecule has 2 aromatic rings. The third-order valence-electron chi connectivity index (χ3n) is 3.79. The Balaban J connectivity index is 1.65. The van der Waals surface area contributed by atoms with Crippen LogP contribution in [0.5, 0.6) is 0 Å². The average molecular weight is 362 g/mol. The topological polar surface area (TPSA) is 97.7 Å². The van der Waals surface area contributed by atoms with Crippen molar-refractivity contribution >= 4 is 34.0 Å². The fourth-order valence-corrected chi connectivity index (χ4v) is 4.44. The van der Waals surface area contributed by atoms with Crippen LogP contribution in [0.3, 0.4) is 0 Å². The molecule has 3 heterocycles. The van der Waals surface area contributed by atoms with E-state index < -0.39 is 0 Å². The third kappa shape index (κ3) is 3.61. The first-order valence-corrected chi connectivity index (χ1v) is 9.48. The number of carbonyl (C=O) groups excluding carboxylic acids is 1. The van der Waals surface area contributed by atoms with E-state index in [1.807, 2.05) is 6.92 Å². The van der Waals surface area contributed by atoms with E-state index in [2.05, 4.69) is 38.5 Å². The van der Waals surface area contributed by atoms with Gasteiger partial charge in [0.15, 0.2) is 0 Å². The number of aryl methyl sites for hydroxylation is 1. The largest absolute Gasteiger partial charge is 0.316 e. The van der Waals surface area contributed by atoms with Crippen molar-refractivity contribution in [3.8, 4) is 6.07 Å². The number of thioether (sulfide) groups is 1. The van der Waals surface area contributed by atoms with Crippen LogP contribution in [0.4, 0.5) is 5.00 Å². The molecule has 24 heavy (non-hydrogen) atoms. The van der Waals surface area contributed by atoms with Crippen molar-refractivity contribution in [3.05, 3.63) is 21.8 Å². The summed E-state index contributed by atoms with van der Waals surface area (Å²) in [6.45, 7) is 3.75. The smallest absolute Gasteiger partial charge is 0.235 e. The first kappa shape index (κ1) is 17.0. The Hall–Kier alpha value is -1.89. The number of fused-ring (bicyclic) bond motifs is 1. The third-order valence-corrected chi connectivity index (χ3v) is 5.77. The fraction of sp³-hybridized carbons (Fsp3) is 0.467. The monoisotopic (exact) mass is 362 g/mol. The first-order chi connectivity index (χ1) is 11.6. The number of nitrogens with one attached hydrogen (secondary N) is 2. The van der Waals surface area contributed by atoms with E-state index >= 15 is 0 Å². The van der Waals surface area contributed by atoms with Crippen molar-refractivity contribution in [2.45, 2.75) is 31.5 Å². The van der Waals surface area contributed by atoms with Gasteiger partial charge in [-0.15, -0.1) is 16.4 Å². The van der Waals surface area contributed by atoms with Gasteiger partial charge in [0.05, 0.1) is 11.3 Å². The number of amides is 1. The van der Waals surface area contributed by atoms with Gasteiger partial charge in [0.25, 0.3) is 0 Å². The first-order valence-electron chi connectivity index (χ1n) is 7.67. The number of aromatic amines is 1. The van der Waals surface area contributed by atoms with E-state index in [-0.39, 0.29) is 11.7 Å². The molecule has 0 saturated heterocycles. The Morgan fingerprint density at radius 2 is 2.42 bits per heavy atom. The van der Waals surface area contributed by atoms with Crippen molar-refractivity contribution < 1.29 is 4.79 Å². The van der Waals surface area contributed by atoms with Gasteiger partial charge in [0.1, 0.15) is 16.9 Å². The van der Waals surface area contributed by atoms with Crippen LogP contribution in [0.1, 0.15) is 28.8 Å². The minimum absolute atomic E-state index is 0.147. The molecule has 0 spiro atoms. The van der Waals surface area contributed by atoms with Crippen LogP contribution in [0, 0.1) is 11.3 Å². The molecule has 0 radical (unpaired) electrons. The number of thiophene rings is 1. The number of H-pyrrole nitrogens is 1. The van der Waals surface area contributed by atoms with Gasteiger partial charge in [0.2, 0.25) is 11.1 Å². The molecule has 0 aliphatic carbocycles. The molecule has 126 valence electrons. The second kappa shape index (κ2) is 7.34. The Morgan fingerprint density at radius 1 is 1.58 bits per heavy atom. The molecule has 1 aliphatic rings. The molecular formula is C15H18N6OS2. The molecular weight excluding hydrogens is 344 g/mol. The highest BCUT2D eigenvalue weighted by Gasteiger charge is 2.23. The van der Waals surface area contributed by atoms with Crippen molar-refractivity contribution in [1.82, 2.24) is 20.1 Å². The highest BCUT2D eigenvalue weighted by atomic mass is 32.2. The second-order valence-electron chi connectivity index (χ2n) is 5.56. The summed E-state index contributed by atoms with van der Waals surface area (Å²) in [7, 11) is 2.06. The quantitative estimate of drug-likeness (QED) is 0.790. The number of likely N-dealkylation sites (N-methyl/N-ethyl adjacent to an activating group) is 1. The SMILES string of the molecule is CCc1nc(SCC(=O)Nc2sc3c(c2C#N)CCN(C)C3)n[nH]1. The highest BCUT2D eigenvalue weighted by molar-refractivity contribution is 7.99. The molecule has 0 saturated carbocycles. The van der Waals surface area contributed by atoms with Crippen LogP contribution >= 0.6 is 23.1 Å². The van der Waals surface area contributed by atoms with Crippen LogP contribution < -0.4 is 5.32 Å². The summed E-state index contributed by atoms with van der Waals surface area (Å²) in [5, 5.41) is 20.4. The predicted octanol–water partition coefficient (Wildman–Crippen LogP) is 2.02. The van der Waals surface area contributed by atoms with Gasteiger partial charge < -0.3 is 10.2 Å². The number of carbonyl (C=O) groups is 1. The zero-order chi connectivity index (χ0) is 17.1. The Labute approximate surface area is 148 Å². The lowest BCUT2D eigenvalue weighted by Gasteiger charge is -2.21. The number of nitrogens with zero attached hydrogens (tertiary/aromatic N) is 4. The van der Waals surface area contributed by atoms with Crippen molar-refractivity contribution in [3.63, 3.8) is 0 Å². The lowest BCUT2D eigenvalue weighted by atomic mass is 10.0. The maximum absolute atomic E-state index is 12.2. The molecule has 2 N–H and O–H groups in total. The molecule has 1 aliphatic heterocycles. The highest BCUT2D eigenvalue weighted by Crippen LogP contribution is 2.36. The molecule has 1 amide bonds. The van der Waals surface area contributed by atoms with Crippen LogP contribution in [0.2, 0.25) is 0 Å². The number of aromatic nitrogens is 3. The molecule has 0 bridgehead atoms. The maximum Gasteiger partial charge on any atom is 0.235 e. The molecule has 3 rings (SSSR count). The van der Waals surface area contributed by atoms with E-state index in [1.165, 1.54) is 28.0 Å². The van der Waals surface area contributed by atoms with Gasteiger partial charge in [-0.3, -0.25) is 9.89 Å². The molecule has 0 fully saturated rings. The number of rotatable bonds is 5. The normalized spacial score (nSPS) is 14.2. The Morgan fingerprint density at radius 3 is 3.12 bits per heavy atom. The molecule has 7 nitrogen and oxygen atoms in total. The predicted molar refractivity (Wildman–Crippen MR) is 94.2 cm³/mol. The molecule has 2 aromatic heterocycles. The van der Waals surface area contributed by atoms with Gasteiger partial charge in [-0.25, -0.2) is 4.98 Å². The van der Waals surface area contributed by atoms with E-state index in [4.69, 9.17) is 0 Å². The summed E-state index contributed by atoms with van der Waals surface area (Å²) < 4.78 is 0. The lowest BCUT2D eigenvalue weighted by molar-refractivity contribution is -0.113. The minimum Gasteiger partial charge on any atom is -0.316 e. The van der Waals surface area contributed by atoms with E-state index in [0.29, 0.717) is 15.7 Å². The van der Waals surface area contributed by atoms with Crippen molar-refractivity contribution in [1.29, 1.82) is 5.26 Å². The number of anilines is 1. The summed E-state index contributed by atoms with van der Waals surface area (Å²) >= 11 is 2.79. The minimum atomic E-state index is -0.147. The van der Waals surface area contributed by atoms with Gasteiger partial charge in [0, 0.05) is 24.4 Å². The van der Waals surface area contributed by atoms with Crippen molar-refractivity contribution in [2.24, 2.45) is 0 Å². The van der Waals surface area contributed by atoms with Gasteiger partial charge in [-0.1, -0.05) is 18.7 Å². The maximum atomic E-state index is 12.2. The zero-order valence-electron chi connectivity index (χ0n) is 13.5.